The lowest BCUT2D eigenvalue weighted by Gasteiger charge is -2.12. The fourth-order valence-corrected chi connectivity index (χ4v) is 2.27. The van der Waals surface area contributed by atoms with Gasteiger partial charge in [0.2, 0.25) is 0 Å². The second-order valence-corrected chi connectivity index (χ2v) is 5.50. The average Bonchev–Trinajstić information content (AvgIpc) is 2.66. The van der Waals surface area contributed by atoms with Gasteiger partial charge in [-0.25, -0.2) is 0 Å². The summed E-state index contributed by atoms with van der Waals surface area (Å²) in [4.78, 5) is 0. The zero-order valence-corrected chi connectivity index (χ0v) is 11.9. The number of aliphatic hydroxyl groups is 1. The molecule has 2 N–H and O–H groups in total. The molecule has 19 heavy (non-hydrogen) atoms. The van der Waals surface area contributed by atoms with Crippen LogP contribution in [0.1, 0.15) is 19.5 Å². The summed E-state index contributed by atoms with van der Waals surface area (Å²) in [5.41, 5.74) is 2.08. The molecule has 0 saturated heterocycles. The molecule has 1 aromatic carbocycles. The van der Waals surface area contributed by atoms with Crippen molar-refractivity contribution >= 4 is 10.9 Å². The zero-order valence-electron chi connectivity index (χ0n) is 11.9. The Morgan fingerprint density at radius 3 is 2.74 bits per heavy atom. The van der Waals surface area contributed by atoms with Crippen LogP contribution in [-0.4, -0.2) is 34.1 Å². The van der Waals surface area contributed by atoms with Crippen molar-refractivity contribution in [1.29, 1.82) is 0 Å². The summed E-state index contributed by atoms with van der Waals surface area (Å²) in [6.45, 7) is 5.86. The van der Waals surface area contributed by atoms with Gasteiger partial charge in [0, 0.05) is 25.4 Å². The highest BCUT2D eigenvalue weighted by atomic mass is 16.3. The molecule has 1 unspecified atom stereocenters. The summed E-state index contributed by atoms with van der Waals surface area (Å²) in [7, 11) is 1.94. The zero-order chi connectivity index (χ0) is 13.8. The number of nitrogens with one attached hydrogen (secondary N) is 1. The summed E-state index contributed by atoms with van der Waals surface area (Å²) < 4.78 is 1.87. The first-order chi connectivity index (χ1) is 9.08. The lowest BCUT2D eigenvalue weighted by atomic mass is 10.1. The van der Waals surface area contributed by atoms with E-state index in [1.165, 1.54) is 0 Å². The Hall–Kier alpha value is -1.39. The lowest BCUT2D eigenvalue weighted by molar-refractivity contribution is 0.169. The highest BCUT2D eigenvalue weighted by molar-refractivity contribution is 5.81. The van der Waals surface area contributed by atoms with Crippen LogP contribution in [0.15, 0.2) is 24.3 Å². The number of fused-ring (bicyclic) bond motifs is 1. The highest BCUT2D eigenvalue weighted by Crippen LogP contribution is 2.18. The highest BCUT2D eigenvalue weighted by Gasteiger charge is 2.12. The molecule has 0 fully saturated rings. The van der Waals surface area contributed by atoms with E-state index >= 15 is 0 Å². The summed E-state index contributed by atoms with van der Waals surface area (Å²) in [6.07, 6.45) is 0.198. The molecule has 1 atom stereocenters. The molecule has 2 aromatic rings. The van der Waals surface area contributed by atoms with E-state index < -0.39 is 6.10 Å². The third kappa shape index (κ3) is 3.55. The maximum absolute atomic E-state index is 10.1. The lowest BCUT2D eigenvalue weighted by Crippen LogP contribution is -2.31. The minimum atomic E-state index is -0.392. The fraction of sp³-hybridized carbons (Fsp3) is 0.533. The van der Waals surface area contributed by atoms with Crippen LogP contribution < -0.4 is 5.32 Å². The molecular weight excluding hydrogens is 238 g/mol. The van der Waals surface area contributed by atoms with Gasteiger partial charge in [-0.2, -0.15) is 5.10 Å². The fourth-order valence-electron chi connectivity index (χ4n) is 2.27. The number of aryl methyl sites for hydroxylation is 1. The molecule has 0 aliphatic rings. The summed E-state index contributed by atoms with van der Waals surface area (Å²) in [5.74, 6) is 0.600. The van der Waals surface area contributed by atoms with Gasteiger partial charge >= 0.3 is 0 Å². The standard InChI is InChI=1S/C15H23N3O/c1-11(2)9-16-10-12(19)8-14-13-6-4-5-7-15(13)18(3)17-14/h4-7,11-12,16,19H,8-10H2,1-3H3. The van der Waals surface area contributed by atoms with Crippen LogP contribution in [0.5, 0.6) is 0 Å². The number of nitrogens with zero attached hydrogens (tertiary/aromatic N) is 2. The predicted octanol–water partition coefficient (Wildman–Crippen LogP) is 1.72. The van der Waals surface area contributed by atoms with Gasteiger partial charge in [0.15, 0.2) is 0 Å². The van der Waals surface area contributed by atoms with Crippen molar-refractivity contribution < 1.29 is 5.11 Å². The first kappa shape index (κ1) is 14.0. The van der Waals surface area contributed by atoms with E-state index in [2.05, 4.69) is 36.4 Å². The molecule has 2 rings (SSSR count). The van der Waals surface area contributed by atoms with Gasteiger partial charge in [-0.15, -0.1) is 0 Å². The molecule has 0 amide bonds. The molecule has 1 aromatic heterocycles. The van der Waals surface area contributed by atoms with Gasteiger partial charge in [0.25, 0.3) is 0 Å². The van der Waals surface area contributed by atoms with E-state index in [0.717, 1.165) is 23.1 Å². The van der Waals surface area contributed by atoms with E-state index in [0.29, 0.717) is 18.9 Å². The Bertz CT molecular complexity index is 533. The number of hydrogen-bond acceptors (Lipinski definition) is 3. The summed E-state index contributed by atoms with van der Waals surface area (Å²) in [6, 6.07) is 8.13. The van der Waals surface area contributed by atoms with E-state index in [9.17, 15) is 5.11 Å². The number of hydrogen-bond donors (Lipinski definition) is 2. The SMILES string of the molecule is CC(C)CNCC(O)Cc1nn(C)c2ccccc12. The number of rotatable bonds is 6. The number of aliphatic hydroxyl groups excluding tert-OH is 1. The van der Waals surface area contributed by atoms with E-state index in [-0.39, 0.29) is 0 Å². The molecule has 0 aliphatic heterocycles. The van der Waals surface area contributed by atoms with Crippen molar-refractivity contribution in [3.8, 4) is 0 Å². The Morgan fingerprint density at radius 1 is 1.26 bits per heavy atom. The van der Waals surface area contributed by atoms with Crippen LogP contribution in [0.4, 0.5) is 0 Å². The summed E-state index contributed by atoms with van der Waals surface area (Å²) >= 11 is 0. The minimum Gasteiger partial charge on any atom is -0.391 e. The normalized spacial score (nSPS) is 13.3. The quantitative estimate of drug-likeness (QED) is 0.832. The molecule has 0 bridgehead atoms. The van der Waals surface area contributed by atoms with Crippen molar-refractivity contribution in [3.05, 3.63) is 30.0 Å². The van der Waals surface area contributed by atoms with Gasteiger partial charge in [-0.3, -0.25) is 4.68 Å². The predicted molar refractivity (Wildman–Crippen MR) is 78.1 cm³/mol. The Morgan fingerprint density at radius 2 is 2.00 bits per heavy atom. The smallest absolute Gasteiger partial charge is 0.0729 e. The third-order valence-corrected chi connectivity index (χ3v) is 3.20. The maximum Gasteiger partial charge on any atom is 0.0729 e. The molecular formula is C15H23N3O. The van der Waals surface area contributed by atoms with Gasteiger partial charge in [0.05, 0.1) is 17.3 Å². The second-order valence-electron chi connectivity index (χ2n) is 5.50. The topological polar surface area (TPSA) is 50.1 Å². The van der Waals surface area contributed by atoms with Gasteiger partial charge in [0.1, 0.15) is 0 Å². The Balaban J connectivity index is 2.01. The minimum absolute atomic E-state index is 0.392. The van der Waals surface area contributed by atoms with Crippen molar-refractivity contribution in [2.45, 2.75) is 26.4 Å². The Labute approximate surface area is 114 Å². The molecule has 0 saturated carbocycles. The molecule has 0 aliphatic carbocycles. The van der Waals surface area contributed by atoms with Gasteiger partial charge in [-0.1, -0.05) is 32.0 Å². The molecule has 0 radical (unpaired) electrons. The van der Waals surface area contributed by atoms with Crippen molar-refractivity contribution in [3.63, 3.8) is 0 Å². The first-order valence-electron chi connectivity index (χ1n) is 6.87. The van der Waals surface area contributed by atoms with Crippen LogP contribution >= 0.6 is 0 Å². The van der Waals surface area contributed by atoms with Crippen LogP contribution in [0.3, 0.4) is 0 Å². The number of aromatic nitrogens is 2. The summed E-state index contributed by atoms with van der Waals surface area (Å²) in [5, 5.41) is 19.0. The van der Waals surface area contributed by atoms with Crippen molar-refractivity contribution in [2.75, 3.05) is 13.1 Å². The number of benzene rings is 1. The van der Waals surface area contributed by atoms with E-state index in [4.69, 9.17) is 0 Å². The van der Waals surface area contributed by atoms with Crippen LogP contribution in [0.2, 0.25) is 0 Å². The van der Waals surface area contributed by atoms with Gasteiger partial charge < -0.3 is 10.4 Å². The first-order valence-corrected chi connectivity index (χ1v) is 6.87. The van der Waals surface area contributed by atoms with E-state index in [1.807, 2.05) is 23.9 Å². The number of para-hydroxylation sites is 1. The van der Waals surface area contributed by atoms with Crippen LogP contribution in [-0.2, 0) is 13.5 Å². The maximum atomic E-state index is 10.1. The van der Waals surface area contributed by atoms with Crippen molar-refractivity contribution in [1.82, 2.24) is 15.1 Å². The Kier molecular flexibility index (Phi) is 4.56. The van der Waals surface area contributed by atoms with Gasteiger partial charge in [-0.05, 0) is 18.5 Å². The largest absolute Gasteiger partial charge is 0.391 e. The van der Waals surface area contributed by atoms with Crippen LogP contribution in [0, 0.1) is 5.92 Å². The van der Waals surface area contributed by atoms with E-state index in [1.54, 1.807) is 0 Å². The third-order valence-electron chi connectivity index (χ3n) is 3.20. The molecule has 0 spiro atoms. The molecule has 104 valence electrons. The monoisotopic (exact) mass is 261 g/mol. The molecule has 1 heterocycles. The molecule has 4 nitrogen and oxygen atoms in total. The average molecular weight is 261 g/mol. The second kappa shape index (κ2) is 6.17. The van der Waals surface area contributed by atoms with Crippen LogP contribution in [0.25, 0.3) is 10.9 Å². The van der Waals surface area contributed by atoms with Crippen molar-refractivity contribution in [2.24, 2.45) is 13.0 Å². The molecule has 4 heteroatoms.